The number of anilines is 2. The number of hydrogen-bond acceptors (Lipinski definition) is 9. The first kappa shape index (κ1) is 30.6. The van der Waals surface area contributed by atoms with Crippen LogP contribution >= 0.6 is 0 Å². The lowest BCUT2D eigenvalue weighted by Crippen LogP contribution is -2.37. The standard InChI is InChI=1S/C35H33N3O8/c1-3-19-44-28-16-14-25(15-17-28)36-34(39)31-32(37(46-33(31)35(36)40)26-11-8-12-27(21-26)38(41)42)24-13-18-29(30(20-24)43-4-2)45-22-23-9-6-5-7-10-23/h5-18,20-21,31-33H,3-4,19,22H2,1-2H3/t31-,32-,33+/m1/s1. The van der Waals surface area contributed by atoms with Crippen LogP contribution < -0.4 is 24.2 Å². The monoisotopic (exact) mass is 623 g/mol. The number of benzene rings is 4. The predicted molar refractivity (Wildman–Crippen MR) is 170 cm³/mol. The molecule has 4 aromatic rings. The fraction of sp³-hybridized carbons (Fsp3) is 0.257. The van der Waals surface area contributed by atoms with Gasteiger partial charge in [-0.15, -0.1) is 0 Å². The molecular formula is C35H33N3O8. The minimum Gasteiger partial charge on any atom is -0.494 e. The van der Waals surface area contributed by atoms with Crippen LogP contribution in [-0.2, 0) is 21.0 Å². The van der Waals surface area contributed by atoms with Gasteiger partial charge >= 0.3 is 0 Å². The van der Waals surface area contributed by atoms with Gasteiger partial charge in [-0.2, -0.15) is 0 Å². The molecular weight excluding hydrogens is 590 g/mol. The smallest absolute Gasteiger partial charge is 0.271 e. The SMILES string of the molecule is CCCOc1ccc(N2C(=O)[C@H]3[C@H](ON(c4cccc([N+](=O)[O-])c4)[C@@H]3c3ccc(OCc4ccccc4)c(OCC)c3)C2=O)cc1. The average molecular weight is 624 g/mol. The Morgan fingerprint density at radius 2 is 1.59 bits per heavy atom. The molecule has 3 atom stereocenters. The van der Waals surface area contributed by atoms with Crippen molar-refractivity contribution in [3.8, 4) is 17.2 Å². The van der Waals surface area contributed by atoms with Gasteiger partial charge in [-0.1, -0.05) is 49.4 Å². The molecule has 0 aliphatic carbocycles. The number of nitrogens with zero attached hydrogens (tertiary/aromatic N) is 3. The zero-order chi connectivity index (χ0) is 32.2. The molecule has 2 saturated heterocycles. The van der Waals surface area contributed by atoms with Gasteiger partial charge in [0.2, 0.25) is 5.91 Å². The van der Waals surface area contributed by atoms with Crippen LogP contribution in [0.5, 0.6) is 17.2 Å². The summed E-state index contributed by atoms with van der Waals surface area (Å²) < 4.78 is 17.7. The highest BCUT2D eigenvalue weighted by Gasteiger charge is 2.60. The Kier molecular flexibility index (Phi) is 8.84. The number of carbonyl (C=O) groups excluding carboxylic acids is 2. The maximum Gasteiger partial charge on any atom is 0.271 e. The molecule has 0 unspecified atom stereocenters. The first-order chi connectivity index (χ1) is 22.4. The van der Waals surface area contributed by atoms with E-state index < -0.39 is 34.8 Å². The first-order valence-electron chi connectivity index (χ1n) is 15.1. The lowest BCUT2D eigenvalue weighted by molar-refractivity contribution is -0.384. The van der Waals surface area contributed by atoms with E-state index in [0.29, 0.717) is 54.0 Å². The lowest BCUT2D eigenvalue weighted by Gasteiger charge is -2.29. The molecule has 0 bridgehead atoms. The van der Waals surface area contributed by atoms with E-state index in [2.05, 4.69) is 0 Å². The number of amides is 2. The van der Waals surface area contributed by atoms with Crippen LogP contribution in [-0.4, -0.2) is 36.1 Å². The van der Waals surface area contributed by atoms with Crippen LogP contribution in [0.3, 0.4) is 0 Å². The molecule has 2 aliphatic heterocycles. The summed E-state index contributed by atoms with van der Waals surface area (Å²) in [4.78, 5) is 46.4. The van der Waals surface area contributed by atoms with Gasteiger partial charge in [0.15, 0.2) is 17.6 Å². The fourth-order valence-electron chi connectivity index (χ4n) is 5.72. The summed E-state index contributed by atoms with van der Waals surface area (Å²) in [5.41, 5.74) is 2.18. The van der Waals surface area contributed by atoms with E-state index in [1.807, 2.05) is 44.2 Å². The number of hydroxylamine groups is 1. The normalized spacial score (nSPS) is 18.9. The molecule has 46 heavy (non-hydrogen) atoms. The maximum atomic E-state index is 14.1. The van der Waals surface area contributed by atoms with Crippen molar-refractivity contribution in [2.45, 2.75) is 39.0 Å². The van der Waals surface area contributed by atoms with Crippen molar-refractivity contribution in [1.82, 2.24) is 0 Å². The van der Waals surface area contributed by atoms with E-state index in [1.165, 1.54) is 23.3 Å². The zero-order valence-corrected chi connectivity index (χ0v) is 25.4. The van der Waals surface area contributed by atoms with E-state index in [9.17, 15) is 19.7 Å². The van der Waals surface area contributed by atoms with Gasteiger partial charge in [0.1, 0.15) is 18.3 Å². The highest BCUT2D eigenvalue weighted by atomic mass is 16.7. The van der Waals surface area contributed by atoms with Gasteiger partial charge in [0, 0.05) is 12.1 Å². The van der Waals surface area contributed by atoms with E-state index in [1.54, 1.807) is 48.5 Å². The molecule has 236 valence electrons. The minimum atomic E-state index is -1.16. The van der Waals surface area contributed by atoms with Gasteiger partial charge in [-0.3, -0.25) is 24.5 Å². The van der Waals surface area contributed by atoms with Crippen LogP contribution in [0.4, 0.5) is 17.1 Å². The van der Waals surface area contributed by atoms with Crippen molar-refractivity contribution >= 4 is 28.9 Å². The fourth-order valence-corrected chi connectivity index (χ4v) is 5.72. The number of ether oxygens (including phenoxy) is 3. The van der Waals surface area contributed by atoms with Crippen LogP contribution in [0, 0.1) is 16.0 Å². The third kappa shape index (κ3) is 5.96. The Morgan fingerprint density at radius 1 is 0.804 bits per heavy atom. The Morgan fingerprint density at radius 3 is 2.30 bits per heavy atom. The molecule has 0 spiro atoms. The summed E-state index contributed by atoms with van der Waals surface area (Å²) in [5, 5.41) is 13.0. The van der Waals surface area contributed by atoms with Gasteiger partial charge in [0.05, 0.1) is 35.6 Å². The Balaban J connectivity index is 1.37. The number of hydrogen-bond donors (Lipinski definition) is 0. The van der Waals surface area contributed by atoms with Crippen molar-refractivity contribution in [3.05, 3.63) is 118 Å². The van der Waals surface area contributed by atoms with Crippen LogP contribution in [0.15, 0.2) is 97.1 Å². The molecule has 0 radical (unpaired) electrons. The average Bonchev–Trinajstić information content (AvgIpc) is 3.59. The van der Waals surface area contributed by atoms with Gasteiger partial charge in [0.25, 0.3) is 11.6 Å². The van der Waals surface area contributed by atoms with Crippen LogP contribution in [0.25, 0.3) is 0 Å². The van der Waals surface area contributed by atoms with Gasteiger partial charge in [-0.05, 0) is 66.9 Å². The number of carbonyl (C=O) groups is 2. The predicted octanol–water partition coefficient (Wildman–Crippen LogP) is 6.41. The third-order valence-corrected chi connectivity index (χ3v) is 7.82. The first-order valence-corrected chi connectivity index (χ1v) is 15.1. The van der Waals surface area contributed by atoms with Crippen molar-refractivity contribution in [1.29, 1.82) is 0 Å². The van der Waals surface area contributed by atoms with Crippen LogP contribution in [0.1, 0.15) is 37.4 Å². The highest BCUT2D eigenvalue weighted by Crippen LogP contribution is 2.49. The third-order valence-electron chi connectivity index (χ3n) is 7.82. The van der Waals surface area contributed by atoms with Crippen LogP contribution in [0.2, 0.25) is 0 Å². The quantitative estimate of drug-likeness (QED) is 0.100. The molecule has 11 nitrogen and oxygen atoms in total. The van der Waals surface area contributed by atoms with E-state index >= 15 is 0 Å². The number of nitro groups is 1. The topological polar surface area (TPSA) is 121 Å². The summed E-state index contributed by atoms with van der Waals surface area (Å²) in [7, 11) is 0. The molecule has 2 amide bonds. The summed E-state index contributed by atoms with van der Waals surface area (Å²) in [6, 6.07) is 26.9. The largest absolute Gasteiger partial charge is 0.494 e. The molecule has 2 fully saturated rings. The van der Waals surface area contributed by atoms with Crippen molar-refractivity contribution in [2.75, 3.05) is 23.2 Å². The minimum absolute atomic E-state index is 0.152. The zero-order valence-electron chi connectivity index (χ0n) is 25.4. The number of nitro benzene ring substituents is 1. The molecule has 0 saturated carbocycles. The molecule has 11 heteroatoms. The maximum absolute atomic E-state index is 14.1. The van der Waals surface area contributed by atoms with Crippen molar-refractivity contribution in [2.24, 2.45) is 5.92 Å². The molecule has 0 N–H and O–H groups in total. The second-order valence-electron chi connectivity index (χ2n) is 10.9. The number of non-ortho nitro benzene ring substituents is 1. The summed E-state index contributed by atoms with van der Waals surface area (Å²) in [6.45, 7) is 5.09. The number of fused-ring (bicyclic) bond motifs is 1. The highest BCUT2D eigenvalue weighted by molar-refractivity contribution is 6.24. The second kappa shape index (κ2) is 13.3. The Bertz CT molecular complexity index is 1730. The summed E-state index contributed by atoms with van der Waals surface area (Å²) >= 11 is 0. The summed E-state index contributed by atoms with van der Waals surface area (Å²) in [6.07, 6.45) is -0.309. The summed E-state index contributed by atoms with van der Waals surface area (Å²) in [5.74, 6) is -0.329. The van der Waals surface area contributed by atoms with Gasteiger partial charge in [-0.25, -0.2) is 9.96 Å². The van der Waals surface area contributed by atoms with E-state index in [0.717, 1.165) is 16.9 Å². The number of rotatable bonds is 12. The molecule has 6 rings (SSSR count). The molecule has 0 aromatic heterocycles. The molecule has 4 aromatic carbocycles. The second-order valence-corrected chi connectivity index (χ2v) is 10.9. The van der Waals surface area contributed by atoms with E-state index in [4.69, 9.17) is 19.0 Å². The van der Waals surface area contributed by atoms with Crippen molar-refractivity contribution < 1.29 is 33.6 Å². The molecule has 2 heterocycles. The van der Waals surface area contributed by atoms with Crippen molar-refractivity contribution in [3.63, 3.8) is 0 Å². The Labute approximate surface area is 266 Å². The van der Waals surface area contributed by atoms with Gasteiger partial charge < -0.3 is 14.2 Å². The Hall–Kier alpha value is -5.42. The molecule has 2 aliphatic rings. The number of imide groups is 1. The lowest BCUT2D eigenvalue weighted by atomic mass is 9.90. The van der Waals surface area contributed by atoms with E-state index in [-0.39, 0.29) is 5.69 Å².